The molecule has 4 N–H and O–H groups in total. The number of nitrogens with two attached hydrogens (primary N) is 1. The van der Waals surface area contributed by atoms with E-state index in [4.69, 9.17) is 5.73 Å². The van der Waals surface area contributed by atoms with E-state index in [-0.39, 0.29) is 17.7 Å². The molecule has 1 amide bonds. The molecule has 0 bridgehead atoms. The summed E-state index contributed by atoms with van der Waals surface area (Å²) in [6, 6.07) is 2.12. The van der Waals surface area contributed by atoms with Crippen LogP contribution >= 0.6 is 0 Å². The Bertz CT molecular complexity index is 502. The fourth-order valence-corrected chi connectivity index (χ4v) is 1.88. The van der Waals surface area contributed by atoms with Crippen molar-refractivity contribution in [3.8, 4) is 0 Å². The number of amides is 1. The van der Waals surface area contributed by atoms with Crippen molar-refractivity contribution in [2.75, 3.05) is 18.5 Å². The number of hydrogen-bond acceptors (Lipinski definition) is 4. The highest BCUT2D eigenvalue weighted by Gasteiger charge is 2.24. The van der Waals surface area contributed by atoms with Crippen LogP contribution in [-0.4, -0.2) is 35.9 Å². The van der Waals surface area contributed by atoms with E-state index in [0.717, 1.165) is 4.68 Å². The largest absolute Gasteiger partial charge is 0.366 e. The minimum atomic E-state index is -1.08. The Labute approximate surface area is 103 Å². The second-order valence-corrected chi connectivity index (χ2v) is 4.23. The number of carbonyl (C=O) groups excluding carboxylic acids is 1. The molecule has 1 fully saturated rings. The molecule has 7 heteroatoms. The minimum Gasteiger partial charge on any atom is -0.366 e. The summed E-state index contributed by atoms with van der Waals surface area (Å²) >= 11 is 0. The van der Waals surface area contributed by atoms with Crippen molar-refractivity contribution < 1.29 is 9.18 Å². The number of alkyl halides is 1. The summed E-state index contributed by atoms with van der Waals surface area (Å²) in [6.07, 6.45) is 0.774. The zero-order chi connectivity index (χ0) is 13.1. The maximum atomic E-state index is 13.6. The molecule has 98 valence electrons. The summed E-state index contributed by atoms with van der Waals surface area (Å²) in [6.45, 7) is 0.935. The van der Waals surface area contributed by atoms with Crippen LogP contribution in [0.25, 0.3) is 0 Å². The fourth-order valence-electron chi connectivity index (χ4n) is 1.88. The molecule has 1 aromatic rings. The van der Waals surface area contributed by atoms with Gasteiger partial charge in [-0.05, 0) is 19.0 Å². The Morgan fingerprint density at radius 1 is 1.56 bits per heavy atom. The van der Waals surface area contributed by atoms with E-state index in [2.05, 4.69) is 10.7 Å². The third-order valence-electron chi connectivity index (χ3n) is 2.91. The van der Waals surface area contributed by atoms with Crippen LogP contribution < -0.4 is 22.0 Å². The number of primary amides is 1. The molecule has 0 aliphatic carbocycles. The molecule has 2 atom stereocenters. The molecule has 2 heterocycles. The van der Waals surface area contributed by atoms with Crippen molar-refractivity contribution in [2.45, 2.75) is 18.6 Å². The molecule has 0 spiro atoms. The lowest BCUT2D eigenvalue weighted by atomic mass is 10.1. The SMILES string of the molecule is NC(=O)c1ccc(=O)n(N[C@@H]2CCNC[C@@H]2F)c1. The molecule has 6 nitrogen and oxygen atoms in total. The average Bonchev–Trinajstić information content (AvgIpc) is 2.34. The average molecular weight is 254 g/mol. The first-order valence-electron chi connectivity index (χ1n) is 5.72. The standard InChI is InChI=1S/C11H15FN4O2/c12-8-5-14-4-3-9(8)15-16-6-7(11(13)18)1-2-10(16)17/h1-2,6,8-9,14-15H,3-5H2,(H2,13,18)/t8-,9+/m0/s1. The number of aromatic nitrogens is 1. The molecule has 1 aliphatic heterocycles. The van der Waals surface area contributed by atoms with Crippen LogP contribution in [0, 0.1) is 0 Å². The quantitative estimate of drug-likeness (QED) is 0.658. The molecule has 0 unspecified atom stereocenters. The van der Waals surface area contributed by atoms with Gasteiger partial charge >= 0.3 is 0 Å². The number of rotatable bonds is 3. The molecule has 18 heavy (non-hydrogen) atoms. The van der Waals surface area contributed by atoms with E-state index in [9.17, 15) is 14.0 Å². The van der Waals surface area contributed by atoms with Crippen LogP contribution in [0.15, 0.2) is 23.1 Å². The number of pyridine rings is 1. The van der Waals surface area contributed by atoms with Crippen LogP contribution in [0.4, 0.5) is 4.39 Å². The zero-order valence-corrected chi connectivity index (χ0v) is 9.73. The van der Waals surface area contributed by atoms with E-state index in [0.29, 0.717) is 13.0 Å². The number of hydrogen-bond donors (Lipinski definition) is 3. The number of carbonyl (C=O) groups is 1. The fraction of sp³-hybridized carbons (Fsp3) is 0.455. The second kappa shape index (κ2) is 5.18. The van der Waals surface area contributed by atoms with Crippen LogP contribution in [0.1, 0.15) is 16.8 Å². The van der Waals surface area contributed by atoms with Crippen molar-refractivity contribution >= 4 is 5.91 Å². The smallest absolute Gasteiger partial charge is 0.268 e. The lowest BCUT2D eigenvalue weighted by Crippen LogP contribution is -2.49. The molecule has 1 saturated heterocycles. The Kier molecular flexibility index (Phi) is 3.61. The highest BCUT2D eigenvalue weighted by Crippen LogP contribution is 2.08. The van der Waals surface area contributed by atoms with Crippen molar-refractivity contribution in [3.63, 3.8) is 0 Å². The summed E-state index contributed by atoms with van der Waals surface area (Å²) in [5.74, 6) is -0.632. The summed E-state index contributed by atoms with van der Waals surface area (Å²) in [7, 11) is 0. The number of nitrogens with one attached hydrogen (secondary N) is 2. The van der Waals surface area contributed by atoms with Gasteiger partial charge in [0.05, 0.1) is 11.6 Å². The number of nitrogens with zero attached hydrogens (tertiary/aromatic N) is 1. The van der Waals surface area contributed by atoms with Crippen LogP contribution in [-0.2, 0) is 0 Å². The van der Waals surface area contributed by atoms with Gasteiger partial charge in [0.15, 0.2) is 0 Å². The molecule has 0 radical (unpaired) electrons. The van der Waals surface area contributed by atoms with E-state index >= 15 is 0 Å². The van der Waals surface area contributed by atoms with Crippen molar-refractivity contribution in [1.29, 1.82) is 0 Å². The van der Waals surface area contributed by atoms with E-state index < -0.39 is 18.1 Å². The van der Waals surface area contributed by atoms with Gasteiger partial charge in [0.25, 0.3) is 5.56 Å². The van der Waals surface area contributed by atoms with Gasteiger partial charge in [0.1, 0.15) is 6.17 Å². The lowest BCUT2D eigenvalue weighted by Gasteiger charge is -2.28. The minimum absolute atomic E-state index is 0.200. The zero-order valence-electron chi connectivity index (χ0n) is 9.73. The molecule has 0 aromatic carbocycles. The predicted molar refractivity (Wildman–Crippen MR) is 64.8 cm³/mol. The molecular formula is C11H15FN4O2. The van der Waals surface area contributed by atoms with Gasteiger partial charge in [0.2, 0.25) is 5.91 Å². The third kappa shape index (κ3) is 2.67. The molecule has 2 rings (SSSR count). The van der Waals surface area contributed by atoms with E-state index in [1.807, 2.05) is 0 Å². The predicted octanol–water partition coefficient (Wildman–Crippen LogP) is -0.809. The van der Waals surface area contributed by atoms with Crippen LogP contribution in [0.3, 0.4) is 0 Å². The van der Waals surface area contributed by atoms with Crippen molar-refractivity contribution in [3.05, 3.63) is 34.2 Å². The Balaban J connectivity index is 2.19. The summed E-state index contributed by atoms with van der Waals surface area (Å²) in [5.41, 5.74) is 7.75. The Morgan fingerprint density at radius 3 is 3.00 bits per heavy atom. The summed E-state index contributed by atoms with van der Waals surface area (Å²) in [4.78, 5) is 22.6. The summed E-state index contributed by atoms with van der Waals surface area (Å²) in [5, 5.41) is 2.92. The Hall–Kier alpha value is -1.89. The lowest BCUT2D eigenvalue weighted by molar-refractivity contribution is 0.0999. The van der Waals surface area contributed by atoms with Gasteiger partial charge < -0.3 is 16.5 Å². The van der Waals surface area contributed by atoms with Gasteiger partial charge in [-0.2, -0.15) is 0 Å². The Morgan fingerprint density at radius 2 is 2.33 bits per heavy atom. The van der Waals surface area contributed by atoms with Gasteiger partial charge in [-0.3, -0.25) is 9.59 Å². The third-order valence-corrected chi connectivity index (χ3v) is 2.91. The maximum Gasteiger partial charge on any atom is 0.268 e. The first-order chi connectivity index (χ1) is 8.58. The first kappa shape index (κ1) is 12.6. The number of piperidine rings is 1. The van der Waals surface area contributed by atoms with E-state index in [1.165, 1.54) is 18.3 Å². The molecule has 1 aliphatic rings. The van der Waals surface area contributed by atoms with Gasteiger partial charge in [-0.15, -0.1) is 0 Å². The highest BCUT2D eigenvalue weighted by atomic mass is 19.1. The maximum absolute atomic E-state index is 13.6. The van der Waals surface area contributed by atoms with Crippen LogP contribution in [0.2, 0.25) is 0 Å². The summed E-state index contributed by atoms with van der Waals surface area (Å²) < 4.78 is 14.7. The van der Waals surface area contributed by atoms with Gasteiger partial charge in [0, 0.05) is 18.8 Å². The van der Waals surface area contributed by atoms with Crippen molar-refractivity contribution in [2.24, 2.45) is 5.73 Å². The topological polar surface area (TPSA) is 89.2 Å². The van der Waals surface area contributed by atoms with Gasteiger partial charge in [-0.1, -0.05) is 0 Å². The second-order valence-electron chi connectivity index (χ2n) is 4.23. The molecule has 0 saturated carbocycles. The normalized spacial score (nSPS) is 23.6. The van der Waals surface area contributed by atoms with Crippen molar-refractivity contribution in [1.82, 2.24) is 9.99 Å². The highest BCUT2D eigenvalue weighted by molar-refractivity contribution is 5.92. The first-order valence-corrected chi connectivity index (χ1v) is 5.72. The van der Waals surface area contributed by atoms with Gasteiger partial charge in [-0.25, -0.2) is 9.07 Å². The number of halogens is 1. The monoisotopic (exact) mass is 254 g/mol. The van der Waals surface area contributed by atoms with Crippen LogP contribution in [0.5, 0.6) is 0 Å². The van der Waals surface area contributed by atoms with E-state index in [1.54, 1.807) is 0 Å². The molecular weight excluding hydrogens is 239 g/mol. The molecule has 1 aromatic heterocycles.